The van der Waals surface area contributed by atoms with Crippen LogP contribution in [0.2, 0.25) is 0 Å². The Labute approximate surface area is 173 Å². The van der Waals surface area contributed by atoms with Crippen molar-refractivity contribution in [1.82, 2.24) is 9.03 Å². The third kappa shape index (κ3) is 7.22. The first-order chi connectivity index (χ1) is 13.7. The number of benzene rings is 1. The Balaban J connectivity index is 1.96. The first kappa shape index (κ1) is 23.5. The van der Waals surface area contributed by atoms with Crippen molar-refractivity contribution in [2.75, 3.05) is 30.7 Å². The number of rotatable bonds is 10. The summed E-state index contributed by atoms with van der Waals surface area (Å²) >= 11 is 0. The third-order valence-corrected chi connectivity index (χ3v) is 8.00. The molecule has 0 radical (unpaired) electrons. The highest BCUT2D eigenvalue weighted by atomic mass is 32.2. The average molecular weight is 444 g/mol. The molecule has 0 aromatic heterocycles. The van der Waals surface area contributed by atoms with Gasteiger partial charge in [0, 0.05) is 25.3 Å². The largest absolute Gasteiger partial charge is 0.326 e. The van der Waals surface area contributed by atoms with E-state index in [1.807, 2.05) is 6.92 Å². The summed E-state index contributed by atoms with van der Waals surface area (Å²) in [5.74, 6) is -0.706. The van der Waals surface area contributed by atoms with Gasteiger partial charge in [-0.3, -0.25) is 4.79 Å². The second-order valence-corrected chi connectivity index (χ2v) is 11.0. The van der Waals surface area contributed by atoms with E-state index in [0.717, 1.165) is 0 Å². The van der Waals surface area contributed by atoms with Crippen molar-refractivity contribution in [3.63, 3.8) is 0 Å². The summed E-state index contributed by atoms with van der Waals surface area (Å²) in [5, 5.41) is 2.80. The van der Waals surface area contributed by atoms with Gasteiger partial charge in [-0.15, -0.1) is 6.58 Å². The molecule has 1 aromatic carbocycles. The first-order valence-electron chi connectivity index (χ1n) is 9.62. The fourth-order valence-electron chi connectivity index (χ4n) is 3.18. The lowest BCUT2D eigenvalue weighted by Gasteiger charge is -2.31. The summed E-state index contributed by atoms with van der Waals surface area (Å²) in [4.78, 5) is 12.6. The molecule has 1 unspecified atom stereocenters. The normalized spacial score (nSPS) is 18.3. The molecule has 1 aliphatic heterocycles. The monoisotopic (exact) mass is 443 g/mol. The Bertz CT molecular complexity index is 912. The second-order valence-electron chi connectivity index (χ2n) is 7.10. The fourth-order valence-corrected chi connectivity index (χ4v) is 5.87. The number of sulfonamides is 2. The Morgan fingerprint density at radius 3 is 2.55 bits per heavy atom. The van der Waals surface area contributed by atoms with Crippen LogP contribution in [-0.2, 0) is 30.6 Å². The van der Waals surface area contributed by atoms with Crippen LogP contribution in [0.4, 0.5) is 5.69 Å². The van der Waals surface area contributed by atoms with Gasteiger partial charge in [-0.1, -0.05) is 25.1 Å². The lowest BCUT2D eigenvalue weighted by atomic mass is 9.98. The van der Waals surface area contributed by atoms with Crippen molar-refractivity contribution >= 4 is 31.6 Å². The van der Waals surface area contributed by atoms with Gasteiger partial charge in [0.05, 0.1) is 17.4 Å². The Hall–Kier alpha value is -1.75. The van der Waals surface area contributed by atoms with Gasteiger partial charge in [-0.2, -0.15) is 0 Å². The first-order valence-corrected chi connectivity index (χ1v) is 12.9. The van der Waals surface area contributed by atoms with Crippen LogP contribution in [0.1, 0.15) is 31.7 Å². The van der Waals surface area contributed by atoms with Crippen LogP contribution in [0.3, 0.4) is 0 Å². The van der Waals surface area contributed by atoms with E-state index in [9.17, 15) is 21.6 Å². The Kier molecular flexibility index (Phi) is 8.38. The van der Waals surface area contributed by atoms with E-state index in [2.05, 4.69) is 16.6 Å². The molecule has 1 fully saturated rings. The number of piperidine rings is 1. The zero-order valence-electron chi connectivity index (χ0n) is 16.6. The second kappa shape index (κ2) is 10.3. The summed E-state index contributed by atoms with van der Waals surface area (Å²) in [6.45, 7) is 6.10. The summed E-state index contributed by atoms with van der Waals surface area (Å²) in [6.07, 6.45) is 3.29. The van der Waals surface area contributed by atoms with Gasteiger partial charge in [0.2, 0.25) is 26.0 Å². The predicted octanol–water partition coefficient (Wildman–Crippen LogP) is 1.68. The van der Waals surface area contributed by atoms with Crippen molar-refractivity contribution in [3.05, 3.63) is 42.5 Å². The average Bonchev–Trinajstić information content (AvgIpc) is 2.68. The number of nitrogens with zero attached hydrogens (tertiary/aromatic N) is 1. The Morgan fingerprint density at radius 1 is 1.24 bits per heavy atom. The standard InChI is InChI=1S/C19H29N3O5S2/c1-3-11-20-28(24,25)15-16-7-9-18(10-8-16)21-19(23)17-6-5-12-22(14-17)29(26,27)13-4-2/h3,7-10,17,20H,1,4-6,11-15H2,2H3,(H,21,23). The molecule has 1 saturated heterocycles. The van der Waals surface area contributed by atoms with Crippen LogP contribution < -0.4 is 10.0 Å². The van der Waals surface area contributed by atoms with Crippen LogP contribution >= 0.6 is 0 Å². The molecule has 1 amide bonds. The van der Waals surface area contributed by atoms with Crippen molar-refractivity contribution in [1.29, 1.82) is 0 Å². The van der Waals surface area contributed by atoms with E-state index in [1.165, 1.54) is 10.4 Å². The van der Waals surface area contributed by atoms with Gasteiger partial charge in [0.25, 0.3) is 0 Å². The SMILES string of the molecule is C=CCNS(=O)(=O)Cc1ccc(NC(=O)C2CCCN(S(=O)(=O)CCC)C2)cc1. The van der Waals surface area contributed by atoms with E-state index >= 15 is 0 Å². The van der Waals surface area contributed by atoms with Gasteiger partial charge < -0.3 is 5.32 Å². The quantitative estimate of drug-likeness (QED) is 0.534. The minimum Gasteiger partial charge on any atom is -0.326 e. The van der Waals surface area contributed by atoms with Crippen LogP contribution in [0.5, 0.6) is 0 Å². The van der Waals surface area contributed by atoms with Crippen LogP contribution in [0.15, 0.2) is 36.9 Å². The van der Waals surface area contributed by atoms with Crippen molar-refractivity contribution in [2.45, 2.75) is 31.9 Å². The molecule has 8 nitrogen and oxygen atoms in total. The molecule has 0 spiro atoms. The van der Waals surface area contributed by atoms with Gasteiger partial charge >= 0.3 is 0 Å². The number of hydrogen-bond donors (Lipinski definition) is 2. The van der Waals surface area contributed by atoms with Crippen molar-refractivity contribution in [2.24, 2.45) is 5.92 Å². The molecular weight excluding hydrogens is 414 g/mol. The minimum atomic E-state index is -3.45. The lowest BCUT2D eigenvalue weighted by molar-refractivity contribution is -0.120. The molecule has 2 rings (SSSR count). The van der Waals surface area contributed by atoms with Crippen LogP contribution in [-0.4, -0.2) is 52.4 Å². The Morgan fingerprint density at radius 2 is 1.93 bits per heavy atom. The van der Waals surface area contributed by atoms with E-state index in [-0.39, 0.29) is 30.5 Å². The summed E-state index contributed by atoms with van der Waals surface area (Å²) in [5.41, 5.74) is 1.14. The molecule has 10 heteroatoms. The fraction of sp³-hybridized carbons (Fsp3) is 0.526. The molecule has 0 saturated carbocycles. The van der Waals surface area contributed by atoms with E-state index in [0.29, 0.717) is 37.1 Å². The zero-order valence-corrected chi connectivity index (χ0v) is 18.3. The number of hydrogen-bond acceptors (Lipinski definition) is 5. The van der Waals surface area contributed by atoms with E-state index in [1.54, 1.807) is 24.3 Å². The molecule has 2 N–H and O–H groups in total. The topological polar surface area (TPSA) is 113 Å². The van der Waals surface area contributed by atoms with Gasteiger partial charge in [0.1, 0.15) is 0 Å². The van der Waals surface area contributed by atoms with Crippen LogP contribution in [0, 0.1) is 5.92 Å². The van der Waals surface area contributed by atoms with Gasteiger partial charge in [-0.05, 0) is 37.0 Å². The molecule has 1 aliphatic rings. The minimum absolute atomic E-state index is 0.0906. The zero-order chi connectivity index (χ0) is 21.5. The highest BCUT2D eigenvalue weighted by Gasteiger charge is 2.31. The maximum absolute atomic E-state index is 12.6. The molecule has 1 atom stereocenters. The third-order valence-electron chi connectivity index (χ3n) is 4.64. The summed E-state index contributed by atoms with van der Waals surface area (Å²) < 4.78 is 52.2. The molecule has 0 bridgehead atoms. The molecule has 0 aliphatic carbocycles. The highest BCUT2D eigenvalue weighted by molar-refractivity contribution is 7.89. The molecule has 1 heterocycles. The predicted molar refractivity (Wildman–Crippen MR) is 114 cm³/mol. The maximum atomic E-state index is 12.6. The molecule has 1 aromatic rings. The number of nitrogens with one attached hydrogen (secondary N) is 2. The number of amides is 1. The van der Waals surface area contributed by atoms with E-state index < -0.39 is 26.0 Å². The van der Waals surface area contributed by atoms with Gasteiger partial charge in [0.15, 0.2) is 0 Å². The molecular formula is C19H29N3O5S2. The van der Waals surface area contributed by atoms with Crippen LogP contribution in [0.25, 0.3) is 0 Å². The maximum Gasteiger partial charge on any atom is 0.228 e. The summed E-state index contributed by atoms with van der Waals surface area (Å²) in [7, 11) is -6.76. The van der Waals surface area contributed by atoms with Gasteiger partial charge in [-0.25, -0.2) is 25.9 Å². The van der Waals surface area contributed by atoms with Crippen molar-refractivity contribution in [3.8, 4) is 0 Å². The highest BCUT2D eigenvalue weighted by Crippen LogP contribution is 2.22. The number of carbonyl (C=O) groups is 1. The van der Waals surface area contributed by atoms with E-state index in [4.69, 9.17) is 0 Å². The molecule has 29 heavy (non-hydrogen) atoms. The lowest BCUT2D eigenvalue weighted by Crippen LogP contribution is -2.44. The number of carbonyl (C=O) groups excluding carboxylic acids is 1. The smallest absolute Gasteiger partial charge is 0.228 e. The van der Waals surface area contributed by atoms with Crippen molar-refractivity contribution < 1.29 is 21.6 Å². The number of anilines is 1. The summed E-state index contributed by atoms with van der Waals surface area (Å²) in [6, 6.07) is 6.57. The molecule has 162 valence electrons.